The predicted octanol–water partition coefficient (Wildman–Crippen LogP) is 0.513. The van der Waals surface area contributed by atoms with Crippen molar-refractivity contribution in [3.05, 3.63) is 30.1 Å². The topological polar surface area (TPSA) is 65.9 Å². The van der Waals surface area contributed by atoms with Gasteiger partial charge in [0.15, 0.2) is 5.60 Å². The van der Waals surface area contributed by atoms with Gasteiger partial charge in [0.2, 0.25) is 0 Å². The second-order valence-corrected chi connectivity index (χ2v) is 5.87. The zero-order chi connectivity index (χ0) is 16.0. The van der Waals surface area contributed by atoms with Gasteiger partial charge in [-0.1, -0.05) is 6.07 Å². The van der Waals surface area contributed by atoms with E-state index in [1.54, 1.807) is 6.92 Å². The van der Waals surface area contributed by atoms with Gasteiger partial charge in [0.05, 0.1) is 12.3 Å². The number of aliphatic hydroxyl groups is 1. The number of β-amino-alcohol motifs (C(OH)–C–C–N with tert-alkyl or cyclic N) is 1. The molecule has 6 nitrogen and oxygen atoms in total. The smallest absolute Gasteiger partial charge is 0.339 e. The minimum absolute atomic E-state index is 0.285. The van der Waals surface area contributed by atoms with Gasteiger partial charge in [-0.2, -0.15) is 0 Å². The van der Waals surface area contributed by atoms with E-state index in [1.165, 1.54) is 6.92 Å². The van der Waals surface area contributed by atoms with Crippen molar-refractivity contribution in [2.75, 3.05) is 39.3 Å². The van der Waals surface area contributed by atoms with Gasteiger partial charge in [-0.3, -0.25) is 14.8 Å². The fourth-order valence-corrected chi connectivity index (χ4v) is 2.61. The van der Waals surface area contributed by atoms with Crippen molar-refractivity contribution < 1.29 is 14.6 Å². The molecule has 1 N–H and O–H groups in total. The Morgan fingerprint density at radius 2 is 2.00 bits per heavy atom. The third-order valence-electron chi connectivity index (χ3n) is 3.82. The molecule has 122 valence electrons. The van der Waals surface area contributed by atoms with Crippen molar-refractivity contribution in [1.29, 1.82) is 0 Å². The summed E-state index contributed by atoms with van der Waals surface area (Å²) in [6, 6.07) is 5.94. The minimum atomic E-state index is -1.45. The Balaban J connectivity index is 1.78. The van der Waals surface area contributed by atoms with Crippen LogP contribution in [0.3, 0.4) is 0 Å². The van der Waals surface area contributed by atoms with Crippen molar-refractivity contribution in [2.24, 2.45) is 0 Å². The van der Waals surface area contributed by atoms with Crippen LogP contribution < -0.4 is 0 Å². The van der Waals surface area contributed by atoms with E-state index in [4.69, 9.17) is 4.74 Å². The Hall–Kier alpha value is -1.50. The van der Waals surface area contributed by atoms with Crippen molar-refractivity contribution in [1.82, 2.24) is 14.8 Å². The fraction of sp³-hybridized carbons (Fsp3) is 0.625. The SMILES string of the molecule is CCOC(=O)[C@@](C)(O)CN1CCN(Cc2ccccn2)CC1. The van der Waals surface area contributed by atoms with Gasteiger partial charge in [-0.15, -0.1) is 0 Å². The Morgan fingerprint density at radius 1 is 1.32 bits per heavy atom. The monoisotopic (exact) mass is 307 g/mol. The number of pyridine rings is 1. The van der Waals surface area contributed by atoms with Crippen LogP contribution in [0.2, 0.25) is 0 Å². The molecule has 22 heavy (non-hydrogen) atoms. The molecule has 1 aliphatic heterocycles. The molecule has 0 saturated carbocycles. The molecule has 0 bridgehead atoms. The molecular formula is C16H25N3O3. The lowest BCUT2D eigenvalue weighted by atomic mass is 10.1. The van der Waals surface area contributed by atoms with Crippen molar-refractivity contribution in [2.45, 2.75) is 26.0 Å². The maximum Gasteiger partial charge on any atom is 0.339 e. The first-order valence-corrected chi connectivity index (χ1v) is 7.75. The second-order valence-electron chi connectivity index (χ2n) is 5.87. The fourth-order valence-electron chi connectivity index (χ4n) is 2.61. The average molecular weight is 307 g/mol. The van der Waals surface area contributed by atoms with Crippen LogP contribution in [-0.2, 0) is 16.1 Å². The number of rotatable bonds is 6. The predicted molar refractivity (Wildman–Crippen MR) is 83.2 cm³/mol. The van der Waals surface area contributed by atoms with Crippen molar-refractivity contribution in [3.63, 3.8) is 0 Å². The maximum absolute atomic E-state index is 11.7. The summed E-state index contributed by atoms with van der Waals surface area (Å²) in [7, 11) is 0. The van der Waals surface area contributed by atoms with Crippen LogP contribution in [-0.4, -0.2) is 70.8 Å². The number of hydrogen-bond donors (Lipinski definition) is 1. The van der Waals surface area contributed by atoms with E-state index in [1.807, 2.05) is 24.4 Å². The normalized spacial score (nSPS) is 19.6. The zero-order valence-electron chi connectivity index (χ0n) is 13.4. The number of hydrogen-bond acceptors (Lipinski definition) is 6. The molecule has 1 aromatic rings. The Bertz CT molecular complexity index is 471. The highest BCUT2D eigenvalue weighted by atomic mass is 16.5. The van der Waals surface area contributed by atoms with Crippen LogP contribution in [0.25, 0.3) is 0 Å². The second kappa shape index (κ2) is 7.67. The molecule has 0 aromatic carbocycles. The standard InChI is InChI=1S/C16H25N3O3/c1-3-22-15(20)16(2,21)13-19-10-8-18(9-11-19)12-14-6-4-5-7-17-14/h4-7,21H,3,8-13H2,1-2H3/t16-/m0/s1. The molecule has 1 atom stereocenters. The van der Waals surface area contributed by atoms with Gasteiger partial charge in [-0.05, 0) is 26.0 Å². The number of nitrogens with zero attached hydrogens (tertiary/aromatic N) is 3. The summed E-state index contributed by atoms with van der Waals surface area (Å²) in [6.07, 6.45) is 1.81. The molecule has 0 spiro atoms. The van der Waals surface area contributed by atoms with Crippen molar-refractivity contribution >= 4 is 5.97 Å². The summed E-state index contributed by atoms with van der Waals surface area (Å²) >= 11 is 0. The lowest BCUT2D eigenvalue weighted by Crippen LogP contribution is -2.53. The number of carbonyl (C=O) groups excluding carboxylic acids is 1. The molecule has 0 aliphatic carbocycles. The Kier molecular flexibility index (Phi) is 5.88. The first kappa shape index (κ1) is 16.9. The van der Waals surface area contributed by atoms with Crippen LogP contribution in [0.5, 0.6) is 0 Å². The molecule has 2 heterocycles. The number of piperazine rings is 1. The van der Waals surface area contributed by atoms with E-state index in [2.05, 4.69) is 14.8 Å². The molecule has 0 amide bonds. The van der Waals surface area contributed by atoms with E-state index in [0.29, 0.717) is 6.54 Å². The van der Waals surface area contributed by atoms with Crippen LogP contribution in [0.1, 0.15) is 19.5 Å². The lowest BCUT2D eigenvalue weighted by molar-refractivity contribution is -0.165. The summed E-state index contributed by atoms with van der Waals surface area (Å²) in [5.74, 6) is -0.550. The molecule has 1 aromatic heterocycles. The summed E-state index contributed by atoms with van der Waals surface area (Å²) < 4.78 is 4.91. The molecule has 2 rings (SSSR count). The highest BCUT2D eigenvalue weighted by molar-refractivity contribution is 5.79. The molecule has 0 radical (unpaired) electrons. The Labute approximate surface area is 131 Å². The molecule has 0 unspecified atom stereocenters. The number of carbonyl (C=O) groups is 1. The number of ether oxygens (including phenoxy) is 1. The molecule has 6 heteroatoms. The quantitative estimate of drug-likeness (QED) is 0.773. The van der Waals surface area contributed by atoms with Gasteiger partial charge in [0, 0.05) is 45.5 Å². The average Bonchev–Trinajstić information content (AvgIpc) is 2.50. The lowest BCUT2D eigenvalue weighted by Gasteiger charge is -2.37. The van der Waals surface area contributed by atoms with E-state index in [0.717, 1.165) is 38.4 Å². The molecule has 1 aliphatic rings. The van der Waals surface area contributed by atoms with Gasteiger partial charge < -0.3 is 9.84 Å². The van der Waals surface area contributed by atoms with E-state index < -0.39 is 11.6 Å². The van der Waals surface area contributed by atoms with Crippen LogP contribution >= 0.6 is 0 Å². The van der Waals surface area contributed by atoms with Gasteiger partial charge in [-0.25, -0.2) is 4.79 Å². The minimum Gasteiger partial charge on any atom is -0.464 e. The van der Waals surface area contributed by atoms with Gasteiger partial charge >= 0.3 is 5.97 Å². The Morgan fingerprint density at radius 3 is 2.59 bits per heavy atom. The third kappa shape index (κ3) is 4.76. The van der Waals surface area contributed by atoms with Crippen LogP contribution in [0, 0.1) is 0 Å². The molecule has 1 saturated heterocycles. The summed E-state index contributed by atoms with van der Waals surface area (Å²) in [5.41, 5.74) is -0.381. The molecular weight excluding hydrogens is 282 g/mol. The van der Waals surface area contributed by atoms with Gasteiger partial charge in [0.25, 0.3) is 0 Å². The highest BCUT2D eigenvalue weighted by Crippen LogP contribution is 2.13. The number of aromatic nitrogens is 1. The summed E-state index contributed by atoms with van der Waals surface area (Å²) in [6.45, 7) is 8.13. The first-order valence-electron chi connectivity index (χ1n) is 7.75. The molecule has 1 fully saturated rings. The van der Waals surface area contributed by atoms with Crippen molar-refractivity contribution in [3.8, 4) is 0 Å². The first-order chi connectivity index (χ1) is 10.5. The van der Waals surface area contributed by atoms with E-state index in [9.17, 15) is 9.90 Å². The largest absolute Gasteiger partial charge is 0.464 e. The van der Waals surface area contributed by atoms with Gasteiger partial charge in [0.1, 0.15) is 0 Å². The van der Waals surface area contributed by atoms with Crippen LogP contribution in [0.4, 0.5) is 0 Å². The van der Waals surface area contributed by atoms with Crippen LogP contribution in [0.15, 0.2) is 24.4 Å². The van der Waals surface area contributed by atoms with E-state index in [-0.39, 0.29) is 6.61 Å². The third-order valence-corrected chi connectivity index (χ3v) is 3.82. The highest BCUT2D eigenvalue weighted by Gasteiger charge is 2.35. The zero-order valence-corrected chi connectivity index (χ0v) is 13.4. The summed E-state index contributed by atoms with van der Waals surface area (Å²) in [5, 5.41) is 10.2. The summed E-state index contributed by atoms with van der Waals surface area (Å²) in [4.78, 5) is 20.5. The maximum atomic E-state index is 11.7. The van der Waals surface area contributed by atoms with E-state index >= 15 is 0 Å². The number of esters is 1.